The van der Waals surface area contributed by atoms with Crippen LogP contribution < -0.4 is 5.32 Å². The fourth-order valence-corrected chi connectivity index (χ4v) is 2.12. The highest BCUT2D eigenvalue weighted by atomic mass is 32.1. The lowest BCUT2D eigenvalue weighted by atomic mass is 9.87. The predicted molar refractivity (Wildman–Crippen MR) is 69.3 cm³/mol. The fraction of sp³-hybridized carbons (Fsp3) is 0.455. The van der Waals surface area contributed by atoms with Crippen molar-refractivity contribution in [1.29, 1.82) is 0 Å². The van der Waals surface area contributed by atoms with Crippen molar-refractivity contribution >= 4 is 28.2 Å². The number of thiophene rings is 1. The number of amides is 1. The Morgan fingerprint density at radius 1 is 1.42 bits per heavy atom. The zero-order valence-electron chi connectivity index (χ0n) is 10.7. The maximum Gasteiger partial charge on any atom is 0.326 e. The van der Waals surface area contributed by atoms with Gasteiger partial charge in [-0.25, -0.2) is 4.79 Å². The third-order valence-electron chi connectivity index (χ3n) is 2.38. The highest BCUT2D eigenvalue weighted by Crippen LogP contribution is 2.25. The summed E-state index contributed by atoms with van der Waals surface area (Å²) < 4.78 is 0. The normalized spacial score (nSPS) is 12.8. The van der Waals surface area contributed by atoms with Gasteiger partial charge in [-0.1, -0.05) is 32.1 Å². The van der Waals surface area contributed by atoms with Gasteiger partial charge in [-0.2, -0.15) is 0 Å². The van der Waals surface area contributed by atoms with Crippen molar-refractivity contribution in [3.63, 3.8) is 0 Å². The molecular formula is C11H14N2O5S. The van der Waals surface area contributed by atoms with Crippen LogP contribution >= 0.6 is 11.3 Å². The molecule has 0 aliphatic carbocycles. The SMILES string of the molecule is CC(C)(C)[C@H](NC(=O)c1ccc([N+](=O)[O-])s1)C(=O)O. The monoisotopic (exact) mass is 286 g/mol. The van der Waals surface area contributed by atoms with Gasteiger partial charge in [0.2, 0.25) is 0 Å². The lowest BCUT2D eigenvalue weighted by molar-refractivity contribution is -0.380. The van der Waals surface area contributed by atoms with Crippen LogP contribution in [0, 0.1) is 15.5 Å². The molecule has 1 aromatic heterocycles. The van der Waals surface area contributed by atoms with Gasteiger partial charge < -0.3 is 10.4 Å². The van der Waals surface area contributed by atoms with Crippen LogP contribution in [-0.2, 0) is 4.79 Å². The molecule has 1 aromatic rings. The molecule has 0 aromatic carbocycles. The second-order valence-electron chi connectivity index (χ2n) is 5.01. The molecule has 0 aliphatic rings. The Morgan fingerprint density at radius 2 is 2.00 bits per heavy atom. The molecule has 0 saturated carbocycles. The third kappa shape index (κ3) is 3.75. The van der Waals surface area contributed by atoms with E-state index < -0.39 is 28.3 Å². The molecule has 0 spiro atoms. The fourth-order valence-electron chi connectivity index (χ4n) is 1.40. The predicted octanol–water partition coefficient (Wildman–Crippen LogP) is 1.89. The van der Waals surface area contributed by atoms with E-state index >= 15 is 0 Å². The molecule has 0 bridgehead atoms. The van der Waals surface area contributed by atoms with Crippen molar-refractivity contribution in [2.24, 2.45) is 5.41 Å². The third-order valence-corrected chi connectivity index (χ3v) is 3.42. The van der Waals surface area contributed by atoms with Gasteiger partial charge in [0.1, 0.15) is 6.04 Å². The van der Waals surface area contributed by atoms with Crippen molar-refractivity contribution in [2.45, 2.75) is 26.8 Å². The minimum Gasteiger partial charge on any atom is -0.480 e. The number of carboxylic acid groups (broad SMARTS) is 1. The summed E-state index contributed by atoms with van der Waals surface area (Å²) in [6.07, 6.45) is 0. The Bertz CT molecular complexity index is 517. The minimum atomic E-state index is -1.15. The summed E-state index contributed by atoms with van der Waals surface area (Å²) in [6.45, 7) is 5.05. The van der Waals surface area contributed by atoms with Crippen molar-refractivity contribution in [3.8, 4) is 0 Å². The van der Waals surface area contributed by atoms with Crippen LogP contribution in [0.4, 0.5) is 5.00 Å². The zero-order chi connectivity index (χ0) is 14.8. The van der Waals surface area contributed by atoms with E-state index in [1.54, 1.807) is 20.8 Å². The second kappa shape index (κ2) is 5.35. The molecule has 19 heavy (non-hydrogen) atoms. The largest absolute Gasteiger partial charge is 0.480 e. The number of carbonyl (C=O) groups is 2. The van der Waals surface area contributed by atoms with Gasteiger partial charge in [0.25, 0.3) is 5.91 Å². The summed E-state index contributed by atoms with van der Waals surface area (Å²) in [5, 5.41) is 21.8. The van der Waals surface area contributed by atoms with Gasteiger partial charge >= 0.3 is 11.0 Å². The van der Waals surface area contributed by atoms with E-state index in [1.165, 1.54) is 12.1 Å². The van der Waals surface area contributed by atoms with Gasteiger partial charge in [-0.3, -0.25) is 14.9 Å². The summed E-state index contributed by atoms with van der Waals surface area (Å²) in [5.74, 6) is -1.77. The Morgan fingerprint density at radius 3 is 2.37 bits per heavy atom. The average Bonchev–Trinajstić information content (AvgIpc) is 2.72. The van der Waals surface area contributed by atoms with E-state index in [0.717, 1.165) is 0 Å². The van der Waals surface area contributed by atoms with Gasteiger partial charge in [-0.05, 0) is 11.5 Å². The van der Waals surface area contributed by atoms with Crippen LogP contribution in [-0.4, -0.2) is 27.9 Å². The molecule has 2 N–H and O–H groups in total. The molecule has 1 atom stereocenters. The van der Waals surface area contributed by atoms with E-state index in [1.807, 2.05) is 0 Å². The molecule has 1 rings (SSSR count). The molecule has 0 unspecified atom stereocenters. The first-order valence-corrected chi connectivity index (χ1v) is 6.22. The number of carboxylic acids is 1. The number of nitro groups is 1. The van der Waals surface area contributed by atoms with Crippen LogP contribution in [0.1, 0.15) is 30.4 Å². The number of nitrogens with one attached hydrogen (secondary N) is 1. The zero-order valence-corrected chi connectivity index (χ0v) is 11.5. The van der Waals surface area contributed by atoms with Crippen molar-refractivity contribution < 1.29 is 19.6 Å². The molecule has 0 aliphatic heterocycles. The standard InChI is InChI=1S/C11H14N2O5S/c1-11(2,3)8(10(15)16)12-9(14)6-4-5-7(19-6)13(17)18/h4-5,8H,1-3H3,(H,12,14)(H,15,16)/t8-/m1/s1. The molecule has 0 saturated heterocycles. The van der Waals surface area contributed by atoms with Crippen LogP contribution in [0.25, 0.3) is 0 Å². The number of nitrogens with zero attached hydrogens (tertiary/aromatic N) is 1. The summed E-state index contributed by atoms with van der Waals surface area (Å²) >= 11 is 0.709. The van der Waals surface area contributed by atoms with Crippen molar-refractivity contribution in [3.05, 3.63) is 27.1 Å². The Labute approximate surface area is 113 Å². The molecule has 1 amide bonds. The quantitative estimate of drug-likeness (QED) is 0.648. The summed E-state index contributed by atoms with van der Waals surface area (Å²) in [5.41, 5.74) is -0.662. The Kier molecular flexibility index (Phi) is 4.25. The lowest BCUT2D eigenvalue weighted by Gasteiger charge is -2.27. The first-order chi connectivity index (χ1) is 8.62. The summed E-state index contributed by atoms with van der Waals surface area (Å²) in [7, 11) is 0. The molecule has 0 radical (unpaired) electrons. The van der Waals surface area contributed by atoms with E-state index in [2.05, 4.69) is 5.32 Å². The van der Waals surface area contributed by atoms with Gasteiger partial charge in [0.05, 0.1) is 9.80 Å². The van der Waals surface area contributed by atoms with Crippen molar-refractivity contribution in [1.82, 2.24) is 5.32 Å². The Hall–Kier alpha value is -1.96. The van der Waals surface area contributed by atoms with Crippen LogP contribution in [0.3, 0.4) is 0 Å². The molecule has 7 nitrogen and oxygen atoms in total. The number of rotatable bonds is 4. The maximum atomic E-state index is 11.9. The van der Waals surface area contributed by atoms with Crippen LogP contribution in [0.15, 0.2) is 12.1 Å². The van der Waals surface area contributed by atoms with E-state index in [0.29, 0.717) is 11.3 Å². The number of hydrogen-bond donors (Lipinski definition) is 2. The van der Waals surface area contributed by atoms with E-state index in [4.69, 9.17) is 5.11 Å². The number of hydrogen-bond acceptors (Lipinski definition) is 5. The van der Waals surface area contributed by atoms with Crippen LogP contribution in [0.2, 0.25) is 0 Å². The second-order valence-corrected chi connectivity index (χ2v) is 6.07. The average molecular weight is 286 g/mol. The molecule has 8 heteroatoms. The molecule has 1 heterocycles. The van der Waals surface area contributed by atoms with Crippen molar-refractivity contribution in [2.75, 3.05) is 0 Å². The summed E-state index contributed by atoms with van der Waals surface area (Å²) in [6, 6.07) is 1.45. The van der Waals surface area contributed by atoms with E-state index in [-0.39, 0.29) is 9.88 Å². The lowest BCUT2D eigenvalue weighted by Crippen LogP contribution is -2.48. The Balaban J connectivity index is 2.88. The van der Waals surface area contributed by atoms with Gasteiger partial charge in [-0.15, -0.1) is 0 Å². The first-order valence-electron chi connectivity index (χ1n) is 5.41. The molecular weight excluding hydrogens is 272 g/mol. The molecule has 104 valence electrons. The maximum absolute atomic E-state index is 11.9. The first kappa shape index (κ1) is 15.1. The highest BCUT2D eigenvalue weighted by Gasteiger charge is 2.33. The van der Waals surface area contributed by atoms with Crippen LogP contribution in [0.5, 0.6) is 0 Å². The number of carbonyl (C=O) groups excluding carboxylic acids is 1. The van der Waals surface area contributed by atoms with E-state index in [9.17, 15) is 19.7 Å². The minimum absolute atomic E-state index is 0.113. The van der Waals surface area contributed by atoms with Gasteiger partial charge in [0.15, 0.2) is 0 Å². The molecule has 0 fully saturated rings. The van der Waals surface area contributed by atoms with Gasteiger partial charge in [0, 0.05) is 6.07 Å². The highest BCUT2D eigenvalue weighted by molar-refractivity contribution is 7.17. The smallest absolute Gasteiger partial charge is 0.326 e. The summed E-state index contributed by atoms with van der Waals surface area (Å²) in [4.78, 5) is 33.0. The topological polar surface area (TPSA) is 110 Å². The number of aliphatic carboxylic acids is 1.